The van der Waals surface area contributed by atoms with Gasteiger partial charge in [0.15, 0.2) is 0 Å². The number of hydrogen-bond donors (Lipinski definition) is 1. The van der Waals surface area contributed by atoms with Gasteiger partial charge in [-0.3, -0.25) is 0 Å². The zero-order chi connectivity index (χ0) is 13.2. The van der Waals surface area contributed by atoms with Crippen molar-refractivity contribution in [2.45, 2.75) is 43.9 Å². The average Bonchev–Trinajstić information content (AvgIpc) is 2.39. The number of nitrogens with one attached hydrogen (secondary N) is 1. The fraction of sp³-hybridized carbons (Fsp3) is 0.923. The molecule has 18 heavy (non-hydrogen) atoms. The van der Waals surface area contributed by atoms with Crippen molar-refractivity contribution in [3.05, 3.63) is 0 Å². The lowest BCUT2D eigenvalue weighted by atomic mass is 9.95. The average molecular weight is 275 g/mol. The second-order valence-corrected chi connectivity index (χ2v) is 5.55. The van der Waals surface area contributed by atoms with Crippen molar-refractivity contribution in [1.82, 2.24) is 5.32 Å². The first-order chi connectivity index (χ1) is 8.77. The molecule has 5 heteroatoms. The van der Waals surface area contributed by atoms with Crippen LogP contribution in [-0.2, 0) is 14.3 Å². The molecule has 0 aromatic rings. The molecule has 0 spiro atoms. The first-order valence-corrected chi connectivity index (χ1v) is 8.06. The molecular formula is C13H25NO3S. The third-order valence-electron chi connectivity index (χ3n) is 3.18. The van der Waals surface area contributed by atoms with Crippen LogP contribution >= 0.6 is 11.8 Å². The normalized spacial score (nSPS) is 23.9. The van der Waals surface area contributed by atoms with Gasteiger partial charge in [0.05, 0.1) is 13.2 Å². The standard InChI is InChI=1S/C13H25NO3S/c1-3-17-13(15)10-16-9-8-14-11-6-4-5-7-12(11)18-2/h11-12,14H,3-10H2,1-2H3. The number of thioether (sulfide) groups is 1. The van der Waals surface area contributed by atoms with Crippen LogP contribution < -0.4 is 5.32 Å². The minimum Gasteiger partial charge on any atom is -0.464 e. The Bertz CT molecular complexity index is 238. The summed E-state index contributed by atoms with van der Waals surface area (Å²) in [6, 6.07) is 0.597. The van der Waals surface area contributed by atoms with Gasteiger partial charge in [0.1, 0.15) is 6.61 Å². The molecule has 0 aliphatic heterocycles. The number of hydrogen-bond acceptors (Lipinski definition) is 5. The second kappa shape index (κ2) is 9.64. The summed E-state index contributed by atoms with van der Waals surface area (Å²) in [4.78, 5) is 11.0. The van der Waals surface area contributed by atoms with Crippen LogP contribution in [0.2, 0.25) is 0 Å². The van der Waals surface area contributed by atoms with Gasteiger partial charge in [0, 0.05) is 17.8 Å². The van der Waals surface area contributed by atoms with E-state index in [9.17, 15) is 4.79 Å². The molecule has 0 amide bonds. The topological polar surface area (TPSA) is 47.6 Å². The predicted molar refractivity (Wildman–Crippen MR) is 75.0 cm³/mol. The molecule has 0 bridgehead atoms. The summed E-state index contributed by atoms with van der Waals surface area (Å²) < 4.78 is 10.0. The molecular weight excluding hydrogens is 250 g/mol. The van der Waals surface area contributed by atoms with Gasteiger partial charge in [-0.2, -0.15) is 11.8 Å². The quantitative estimate of drug-likeness (QED) is 0.541. The Labute approximate surface area is 114 Å². The number of rotatable bonds is 8. The van der Waals surface area contributed by atoms with Gasteiger partial charge in [0.2, 0.25) is 0 Å². The van der Waals surface area contributed by atoms with Crippen LogP contribution in [0.15, 0.2) is 0 Å². The van der Waals surface area contributed by atoms with Crippen molar-refractivity contribution in [3.63, 3.8) is 0 Å². The third-order valence-corrected chi connectivity index (χ3v) is 4.35. The van der Waals surface area contributed by atoms with Crippen LogP contribution in [0.4, 0.5) is 0 Å². The highest BCUT2D eigenvalue weighted by atomic mass is 32.2. The van der Waals surface area contributed by atoms with Crippen LogP contribution in [-0.4, -0.2) is 49.9 Å². The molecule has 1 saturated carbocycles. The first-order valence-electron chi connectivity index (χ1n) is 6.77. The van der Waals surface area contributed by atoms with E-state index in [2.05, 4.69) is 11.6 Å². The summed E-state index contributed by atoms with van der Waals surface area (Å²) in [5.41, 5.74) is 0. The SMILES string of the molecule is CCOC(=O)COCCNC1CCCCC1SC. The van der Waals surface area contributed by atoms with E-state index < -0.39 is 0 Å². The van der Waals surface area contributed by atoms with Gasteiger partial charge in [-0.25, -0.2) is 4.79 Å². The summed E-state index contributed by atoms with van der Waals surface area (Å²) >= 11 is 1.95. The molecule has 0 radical (unpaired) electrons. The molecule has 0 saturated heterocycles. The van der Waals surface area contributed by atoms with Gasteiger partial charge in [-0.05, 0) is 26.0 Å². The Morgan fingerprint density at radius 3 is 2.89 bits per heavy atom. The van der Waals surface area contributed by atoms with Crippen molar-refractivity contribution in [2.75, 3.05) is 32.6 Å². The van der Waals surface area contributed by atoms with Gasteiger partial charge >= 0.3 is 5.97 Å². The number of carbonyl (C=O) groups is 1. The van der Waals surface area contributed by atoms with Crippen LogP contribution in [0, 0.1) is 0 Å². The highest BCUT2D eigenvalue weighted by Crippen LogP contribution is 2.26. The lowest BCUT2D eigenvalue weighted by Gasteiger charge is -2.31. The first kappa shape index (κ1) is 15.8. The van der Waals surface area contributed by atoms with Crippen LogP contribution in [0.1, 0.15) is 32.6 Å². The molecule has 1 aliphatic rings. The van der Waals surface area contributed by atoms with E-state index in [-0.39, 0.29) is 12.6 Å². The van der Waals surface area contributed by atoms with E-state index in [0.717, 1.165) is 11.8 Å². The fourth-order valence-electron chi connectivity index (χ4n) is 2.29. The lowest BCUT2D eigenvalue weighted by Crippen LogP contribution is -2.41. The number of ether oxygens (including phenoxy) is 2. The Kier molecular flexibility index (Phi) is 8.46. The molecule has 0 aromatic heterocycles. The van der Waals surface area contributed by atoms with Crippen molar-refractivity contribution in [3.8, 4) is 0 Å². The molecule has 106 valence electrons. The van der Waals surface area contributed by atoms with E-state index >= 15 is 0 Å². The molecule has 0 aromatic carbocycles. The Balaban J connectivity index is 2.04. The summed E-state index contributed by atoms with van der Waals surface area (Å²) in [6.45, 7) is 3.65. The summed E-state index contributed by atoms with van der Waals surface area (Å²) in [5, 5.41) is 4.26. The summed E-state index contributed by atoms with van der Waals surface area (Å²) in [5.74, 6) is -0.280. The van der Waals surface area contributed by atoms with E-state index in [1.807, 2.05) is 11.8 Å². The molecule has 2 atom stereocenters. The van der Waals surface area contributed by atoms with Gasteiger partial charge in [0.25, 0.3) is 0 Å². The molecule has 0 heterocycles. The van der Waals surface area contributed by atoms with Gasteiger partial charge in [-0.1, -0.05) is 12.8 Å². The highest BCUT2D eigenvalue weighted by molar-refractivity contribution is 7.99. The molecule has 1 N–H and O–H groups in total. The number of carbonyl (C=O) groups excluding carboxylic acids is 1. The Hall–Kier alpha value is -0.260. The molecule has 1 fully saturated rings. The Morgan fingerprint density at radius 2 is 2.17 bits per heavy atom. The maximum Gasteiger partial charge on any atom is 0.332 e. The van der Waals surface area contributed by atoms with Crippen molar-refractivity contribution >= 4 is 17.7 Å². The molecule has 2 unspecified atom stereocenters. The lowest BCUT2D eigenvalue weighted by molar-refractivity contribution is -0.148. The summed E-state index contributed by atoms with van der Waals surface area (Å²) in [6.07, 6.45) is 7.41. The monoisotopic (exact) mass is 275 g/mol. The second-order valence-electron chi connectivity index (χ2n) is 4.48. The highest BCUT2D eigenvalue weighted by Gasteiger charge is 2.23. The molecule has 1 aliphatic carbocycles. The van der Waals surface area contributed by atoms with Crippen LogP contribution in [0.3, 0.4) is 0 Å². The molecule has 4 nitrogen and oxygen atoms in total. The van der Waals surface area contributed by atoms with E-state index in [0.29, 0.717) is 19.3 Å². The summed E-state index contributed by atoms with van der Waals surface area (Å²) in [7, 11) is 0. The van der Waals surface area contributed by atoms with Crippen LogP contribution in [0.5, 0.6) is 0 Å². The van der Waals surface area contributed by atoms with Gasteiger partial charge in [-0.15, -0.1) is 0 Å². The van der Waals surface area contributed by atoms with Crippen molar-refractivity contribution in [1.29, 1.82) is 0 Å². The minimum absolute atomic E-state index is 0.0616. The van der Waals surface area contributed by atoms with E-state index in [1.54, 1.807) is 6.92 Å². The van der Waals surface area contributed by atoms with Gasteiger partial charge < -0.3 is 14.8 Å². The maximum atomic E-state index is 11.0. The predicted octanol–water partition coefficient (Wildman–Crippen LogP) is 1.83. The molecule has 1 rings (SSSR count). The van der Waals surface area contributed by atoms with E-state index in [1.165, 1.54) is 25.7 Å². The maximum absolute atomic E-state index is 11.0. The smallest absolute Gasteiger partial charge is 0.332 e. The van der Waals surface area contributed by atoms with Crippen molar-refractivity contribution < 1.29 is 14.3 Å². The largest absolute Gasteiger partial charge is 0.464 e. The Morgan fingerprint density at radius 1 is 1.39 bits per heavy atom. The number of esters is 1. The van der Waals surface area contributed by atoms with E-state index in [4.69, 9.17) is 9.47 Å². The third kappa shape index (κ3) is 6.07. The zero-order valence-corrected chi connectivity index (χ0v) is 12.3. The minimum atomic E-state index is -0.280. The van der Waals surface area contributed by atoms with Crippen molar-refractivity contribution in [2.24, 2.45) is 0 Å². The zero-order valence-electron chi connectivity index (χ0n) is 11.4. The van der Waals surface area contributed by atoms with Crippen LogP contribution in [0.25, 0.3) is 0 Å². The fourth-order valence-corrected chi connectivity index (χ4v) is 3.25.